The van der Waals surface area contributed by atoms with E-state index in [2.05, 4.69) is 29.1 Å². The van der Waals surface area contributed by atoms with E-state index in [0.29, 0.717) is 30.9 Å². The molecule has 0 bridgehead atoms. The molecule has 0 amide bonds. The summed E-state index contributed by atoms with van der Waals surface area (Å²) >= 11 is 0. The molecule has 1 saturated carbocycles. The van der Waals surface area contributed by atoms with Crippen LogP contribution in [0.25, 0.3) is 0 Å². The van der Waals surface area contributed by atoms with Crippen LogP contribution in [-0.2, 0) is 11.0 Å². The highest BCUT2D eigenvalue weighted by atomic mass is 19.4. The molecule has 1 heterocycles. The Morgan fingerprint density at radius 2 is 1.76 bits per heavy atom. The molecular weight excluding hydrogens is 335 g/mol. The summed E-state index contributed by atoms with van der Waals surface area (Å²) in [4.78, 5) is 16.0. The van der Waals surface area contributed by atoms with Crippen LogP contribution in [0.1, 0.15) is 32.3 Å². The Morgan fingerprint density at radius 3 is 2.32 bits per heavy atom. The van der Waals surface area contributed by atoms with Crippen LogP contribution in [0.5, 0.6) is 0 Å². The molecule has 0 aliphatic heterocycles. The van der Waals surface area contributed by atoms with Crippen molar-refractivity contribution >= 4 is 11.6 Å². The Bertz CT molecular complexity index is 741. The van der Waals surface area contributed by atoms with Gasteiger partial charge in [-0.15, -0.1) is 10.2 Å². The van der Waals surface area contributed by atoms with Gasteiger partial charge in [0.25, 0.3) is 0 Å². The highest BCUT2D eigenvalue weighted by Gasteiger charge is 2.47. The second kappa shape index (κ2) is 6.24. The van der Waals surface area contributed by atoms with E-state index in [1.54, 1.807) is 0 Å². The number of carbonyl (C=O) groups is 1. The van der Waals surface area contributed by atoms with Gasteiger partial charge in [-0.1, -0.05) is 13.8 Å². The van der Waals surface area contributed by atoms with E-state index in [4.69, 9.17) is 0 Å². The van der Waals surface area contributed by atoms with Gasteiger partial charge in [-0.2, -0.15) is 13.2 Å². The maximum Gasteiger partial charge on any atom is 0.417 e. The number of halogens is 3. The molecule has 3 rings (SSSR count). The summed E-state index contributed by atoms with van der Waals surface area (Å²) in [6.07, 6.45) is -2.43. The molecule has 8 heteroatoms. The van der Waals surface area contributed by atoms with Crippen molar-refractivity contribution in [3.63, 3.8) is 0 Å². The summed E-state index contributed by atoms with van der Waals surface area (Å²) in [6, 6.07) is 1.91. The minimum Gasteiger partial charge on any atom is -0.510 e. The quantitative estimate of drug-likeness (QED) is 0.774. The molecule has 5 nitrogen and oxygen atoms in total. The van der Waals surface area contributed by atoms with Crippen LogP contribution in [0.15, 0.2) is 40.0 Å². The highest BCUT2D eigenvalue weighted by molar-refractivity contribution is 6.00. The number of hydrogen-bond acceptors (Lipinski definition) is 5. The van der Waals surface area contributed by atoms with Crippen LogP contribution in [0, 0.1) is 23.7 Å². The molecule has 4 atom stereocenters. The topological polar surface area (TPSA) is 74.9 Å². The lowest BCUT2D eigenvalue weighted by molar-refractivity contribution is -0.137. The van der Waals surface area contributed by atoms with Crippen LogP contribution in [-0.4, -0.2) is 15.9 Å². The number of aliphatic hydroxyl groups excluding tert-OH is 1. The van der Waals surface area contributed by atoms with Crippen LogP contribution in [0.2, 0.25) is 0 Å². The molecule has 25 heavy (non-hydrogen) atoms. The van der Waals surface area contributed by atoms with Gasteiger partial charge in [0, 0.05) is 18.0 Å². The van der Waals surface area contributed by atoms with Crippen molar-refractivity contribution in [3.05, 3.63) is 35.3 Å². The van der Waals surface area contributed by atoms with Crippen LogP contribution >= 0.6 is 0 Å². The maximum atomic E-state index is 12.5. The zero-order valence-electron chi connectivity index (χ0n) is 13.8. The van der Waals surface area contributed by atoms with Crippen LogP contribution in [0.3, 0.4) is 0 Å². The van der Waals surface area contributed by atoms with E-state index in [9.17, 15) is 23.1 Å². The third kappa shape index (κ3) is 3.29. The predicted molar refractivity (Wildman–Crippen MR) is 83.0 cm³/mol. The normalized spacial score (nSPS) is 30.2. The Balaban J connectivity index is 1.80. The van der Waals surface area contributed by atoms with E-state index in [1.165, 1.54) is 0 Å². The highest BCUT2D eigenvalue weighted by Crippen LogP contribution is 2.47. The minimum absolute atomic E-state index is 0.0577. The van der Waals surface area contributed by atoms with Gasteiger partial charge in [0.15, 0.2) is 17.3 Å². The van der Waals surface area contributed by atoms with Crippen LogP contribution in [0.4, 0.5) is 19.0 Å². The molecule has 0 aromatic carbocycles. The van der Waals surface area contributed by atoms with Crippen molar-refractivity contribution in [3.8, 4) is 0 Å². The fourth-order valence-electron chi connectivity index (χ4n) is 3.48. The number of fused-ring (bicyclic) bond motifs is 1. The van der Waals surface area contributed by atoms with Crippen molar-refractivity contribution in [1.82, 2.24) is 4.98 Å². The summed E-state index contributed by atoms with van der Waals surface area (Å²) < 4.78 is 37.5. The molecule has 1 fully saturated rings. The lowest BCUT2D eigenvalue weighted by atomic mass is 9.70. The zero-order valence-corrected chi connectivity index (χ0v) is 13.8. The SMILES string of the molecule is CC1CC2C(=O)C(N=Nc3ccc(C(F)(F)F)cn3)=C(O)C2CC1C. The number of nitrogens with zero attached hydrogens (tertiary/aromatic N) is 3. The standard InChI is InChI=1S/C17H18F3N3O2/c1-8-5-11-12(6-9(8)2)16(25)14(15(11)24)23-22-13-4-3-10(7-21-13)17(18,19)20/h3-4,7-9,11-12,24H,5-6H2,1-2H3. The lowest BCUT2D eigenvalue weighted by Crippen LogP contribution is -2.30. The third-order valence-electron chi connectivity index (χ3n) is 5.20. The fourth-order valence-corrected chi connectivity index (χ4v) is 3.48. The molecule has 134 valence electrons. The summed E-state index contributed by atoms with van der Waals surface area (Å²) in [5.41, 5.74) is -0.988. The van der Waals surface area contributed by atoms with Gasteiger partial charge in [0.2, 0.25) is 0 Å². The van der Waals surface area contributed by atoms with Crippen molar-refractivity contribution in [2.75, 3.05) is 0 Å². The van der Waals surface area contributed by atoms with Gasteiger partial charge in [-0.25, -0.2) is 4.98 Å². The lowest BCUT2D eigenvalue weighted by Gasteiger charge is -2.34. The fraction of sp³-hybridized carbons (Fsp3) is 0.529. The molecule has 0 saturated heterocycles. The number of carbonyl (C=O) groups excluding carboxylic acids is 1. The molecule has 0 spiro atoms. The number of rotatable bonds is 2. The number of pyridine rings is 1. The number of ketones is 1. The van der Waals surface area contributed by atoms with Crippen molar-refractivity contribution in [1.29, 1.82) is 0 Å². The molecule has 4 unspecified atom stereocenters. The van der Waals surface area contributed by atoms with Crippen molar-refractivity contribution in [2.24, 2.45) is 33.9 Å². The van der Waals surface area contributed by atoms with E-state index < -0.39 is 11.7 Å². The number of azo groups is 1. The molecule has 2 aliphatic carbocycles. The van der Waals surface area contributed by atoms with Gasteiger partial charge in [-0.3, -0.25) is 4.79 Å². The molecule has 1 aromatic rings. The van der Waals surface area contributed by atoms with Gasteiger partial charge in [0.05, 0.1) is 5.56 Å². The van der Waals surface area contributed by atoms with Gasteiger partial charge < -0.3 is 5.11 Å². The smallest absolute Gasteiger partial charge is 0.417 e. The second-order valence-corrected chi connectivity index (χ2v) is 6.84. The average molecular weight is 353 g/mol. The number of allylic oxidation sites excluding steroid dienone is 2. The minimum atomic E-state index is -4.48. The number of aromatic nitrogens is 1. The van der Waals surface area contributed by atoms with Gasteiger partial charge in [0.1, 0.15) is 5.76 Å². The average Bonchev–Trinajstić information content (AvgIpc) is 2.77. The van der Waals surface area contributed by atoms with E-state index in [0.717, 1.165) is 12.1 Å². The Kier molecular flexibility index (Phi) is 4.38. The number of alkyl halides is 3. The summed E-state index contributed by atoms with van der Waals surface area (Å²) in [7, 11) is 0. The Labute approximate surface area is 142 Å². The molecule has 1 N–H and O–H groups in total. The molecule has 1 aromatic heterocycles. The third-order valence-corrected chi connectivity index (χ3v) is 5.20. The zero-order chi connectivity index (χ0) is 18.4. The summed E-state index contributed by atoms with van der Waals surface area (Å²) in [5.74, 6) is -0.136. The number of hydrogen-bond donors (Lipinski definition) is 1. The second-order valence-electron chi connectivity index (χ2n) is 6.84. The van der Waals surface area contributed by atoms with Gasteiger partial charge >= 0.3 is 6.18 Å². The van der Waals surface area contributed by atoms with E-state index >= 15 is 0 Å². The first-order chi connectivity index (χ1) is 11.7. The van der Waals surface area contributed by atoms with E-state index in [-0.39, 0.29) is 34.9 Å². The molecular formula is C17H18F3N3O2. The monoisotopic (exact) mass is 353 g/mol. The Morgan fingerprint density at radius 1 is 1.12 bits per heavy atom. The number of Topliss-reactive ketones (excluding diaryl/α,β-unsaturated/α-hetero) is 1. The number of aliphatic hydroxyl groups is 1. The first-order valence-corrected chi connectivity index (χ1v) is 8.10. The van der Waals surface area contributed by atoms with Gasteiger partial charge in [-0.05, 0) is 36.8 Å². The Hall–Kier alpha value is -2.25. The van der Waals surface area contributed by atoms with E-state index in [1.807, 2.05) is 0 Å². The molecule has 2 aliphatic rings. The summed E-state index contributed by atoms with van der Waals surface area (Å²) in [5, 5.41) is 17.8. The summed E-state index contributed by atoms with van der Waals surface area (Å²) in [6.45, 7) is 4.17. The largest absolute Gasteiger partial charge is 0.510 e. The maximum absolute atomic E-state index is 12.5. The van der Waals surface area contributed by atoms with Crippen molar-refractivity contribution < 1.29 is 23.1 Å². The first-order valence-electron chi connectivity index (χ1n) is 8.10. The van der Waals surface area contributed by atoms with Crippen LogP contribution < -0.4 is 0 Å². The predicted octanol–water partition coefficient (Wildman–Crippen LogP) is 4.83. The molecule has 0 radical (unpaired) electrons. The first kappa shape index (κ1) is 17.6. The van der Waals surface area contributed by atoms with Crippen molar-refractivity contribution in [2.45, 2.75) is 32.9 Å².